The number of ether oxygens (including phenoxy) is 2. The fourth-order valence-electron chi connectivity index (χ4n) is 2.14. The third-order valence-corrected chi connectivity index (χ3v) is 3.39. The van der Waals surface area contributed by atoms with Crippen molar-refractivity contribution >= 4 is 5.69 Å². The predicted molar refractivity (Wildman–Crippen MR) is 72.2 cm³/mol. The van der Waals surface area contributed by atoms with E-state index in [4.69, 9.17) is 19.8 Å². The lowest BCUT2D eigenvalue weighted by Gasteiger charge is -2.39. The van der Waals surface area contributed by atoms with E-state index in [-0.39, 0.29) is 11.3 Å². The quantitative estimate of drug-likeness (QED) is 0.386. The summed E-state index contributed by atoms with van der Waals surface area (Å²) in [5.41, 5.74) is -0.661. The molecule has 0 amide bonds. The van der Waals surface area contributed by atoms with Crippen LogP contribution in [0.15, 0.2) is 18.2 Å². The van der Waals surface area contributed by atoms with Gasteiger partial charge in [-0.1, -0.05) is 0 Å². The van der Waals surface area contributed by atoms with Gasteiger partial charge in [-0.2, -0.15) is 5.26 Å². The molecule has 1 aliphatic heterocycles. The normalized spacial score (nSPS) is 30.5. The summed E-state index contributed by atoms with van der Waals surface area (Å²) in [5, 5.41) is 57.9. The number of benzene rings is 1. The van der Waals surface area contributed by atoms with Crippen LogP contribution in [0.2, 0.25) is 0 Å². The third kappa shape index (κ3) is 3.39. The monoisotopic (exact) mass is 326 g/mol. The van der Waals surface area contributed by atoms with Crippen LogP contribution in [0, 0.1) is 21.4 Å². The minimum atomic E-state index is -1.62. The average molecular weight is 326 g/mol. The van der Waals surface area contributed by atoms with Gasteiger partial charge in [-0.3, -0.25) is 10.1 Å². The molecule has 1 aromatic carbocycles. The molecule has 0 unspecified atom stereocenters. The number of aliphatic hydroxyl groups excluding tert-OH is 4. The second-order valence-electron chi connectivity index (χ2n) is 4.86. The maximum atomic E-state index is 10.8. The van der Waals surface area contributed by atoms with Crippen LogP contribution in [0.1, 0.15) is 5.56 Å². The fraction of sp³-hybridized carbons (Fsp3) is 0.462. The SMILES string of the molecule is N#Cc1cc(O[C@H]2O[C@H](CO)[C@H](O)[C@H](O)[C@H]2O)ccc1[N+](=O)[O-]. The first-order valence-electron chi connectivity index (χ1n) is 6.54. The van der Waals surface area contributed by atoms with Crippen LogP contribution in [0.3, 0.4) is 0 Å². The minimum absolute atomic E-state index is 0.0171. The Hall–Kier alpha value is -2.29. The number of nitrogens with zero attached hydrogens (tertiary/aromatic N) is 2. The van der Waals surface area contributed by atoms with Crippen molar-refractivity contribution in [2.24, 2.45) is 0 Å². The van der Waals surface area contributed by atoms with Crippen molar-refractivity contribution in [3.05, 3.63) is 33.9 Å². The van der Waals surface area contributed by atoms with Gasteiger partial charge in [-0.05, 0) is 6.07 Å². The molecular weight excluding hydrogens is 312 g/mol. The number of rotatable bonds is 4. The highest BCUT2D eigenvalue weighted by molar-refractivity contribution is 5.52. The van der Waals surface area contributed by atoms with Crippen molar-refractivity contribution in [1.82, 2.24) is 0 Å². The lowest BCUT2D eigenvalue weighted by Crippen LogP contribution is -2.60. The first-order valence-corrected chi connectivity index (χ1v) is 6.54. The maximum absolute atomic E-state index is 10.8. The van der Waals surface area contributed by atoms with Crippen molar-refractivity contribution in [3.8, 4) is 11.8 Å². The van der Waals surface area contributed by atoms with Crippen molar-refractivity contribution in [2.75, 3.05) is 6.61 Å². The van der Waals surface area contributed by atoms with E-state index < -0.39 is 47.9 Å². The van der Waals surface area contributed by atoms with Gasteiger partial charge >= 0.3 is 0 Å². The number of nitriles is 1. The molecule has 0 aromatic heterocycles. The third-order valence-electron chi connectivity index (χ3n) is 3.39. The van der Waals surface area contributed by atoms with E-state index in [1.54, 1.807) is 6.07 Å². The van der Waals surface area contributed by atoms with Crippen LogP contribution in [0.4, 0.5) is 5.69 Å². The van der Waals surface area contributed by atoms with Crippen molar-refractivity contribution < 1.29 is 34.8 Å². The van der Waals surface area contributed by atoms with Crippen LogP contribution < -0.4 is 4.74 Å². The van der Waals surface area contributed by atoms with Gasteiger partial charge in [0.15, 0.2) is 0 Å². The van der Waals surface area contributed by atoms with Crippen molar-refractivity contribution in [2.45, 2.75) is 30.7 Å². The highest BCUT2D eigenvalue weighted by Gasteiger charge is 2.44. The lowest BCUT2D eigenvalue weighted by molar-refractivity contribution is -0.385. The molecule has 1 saturated heterocycles. The van der Waals surface area contributed by atoms with Crippen molar-refractivity contribution in [3.63, 3.8) is 0 Å². The number of aliphatic hydroxyl groups is 4. The molecule has 0 saturated carbocycles. The van der Waals surface area contributed by atoms with Crippen LogP contribution >= 0.6 is 0 Å². The molecule has 1 aliphatic rings. The van der Waals surface area contributed by atoms with E-state index in [1.165, 1.54) is 6.07 Å². The number of hydrogen-bond donors (Lipinski definition) is 4. The molecule has 1 fully saturated rings. The van der Waals surface area contributed by atoms with Crippen LogP contribution in [-0.4, -0.2) is 62.7 Å². The van der Waals surface area contributed by atoms with Crippen molar-refractivity contribution in [1.29, 1.82) is 5.26 Å². The topological polar surface area (TPSA) is 166 Å². The average Bonchev–Trinajstić information content (AvgIpc) is 2.54. The molecular formula is C13H14N2O8. The summed E-state index contributed by atoms with van der Waals surface area (Å²) in [6.07, 6.45) is -7.33. The Labute approximate surface area is 129 Å². The maximum Gasteiger partial charge on any atom is 0.287 e. The molecule has 10 nitrogen and oxygen atoms in total. The summed E-state index contributed by atoms with van der Waals surface area (Å²) < 4.78 is 10.4. The Kier molecular flexibility index (Phi) is 5.09. The van der Waals surface area contributed by atoms with Gasteiger partial charge in [-0.15, -0.1) is 0 Å². The number of nitro benzene ring substituents is 1. The Morgan fingerprint density at radius 2 is 2.00 bits per heavy atom. The number of hydrogen-bond acceptors (Lipinski definition) is 9. The Morgan fingerprint density at radius 1 is 1.30 bits per heavy atom. The van der Waals surface area contributed by atoms with Gasteiger partial charge in [0.25, 0.3) is 5.69 Å². The Morgan fingerprint density at radius 3 is 2.57 bits per heavy atom. The lowest BCUT2D eigenvalue weighted by atomic mass is 9.99. The van der Waals surface area contributed by atoms with Gasteiger partial charge in [0.2, 0.25) is 6.29 Å². The predicted octanol–water partition coefficient (Wildman–Crippen LogP) is -1.35. The zero-order valence-corrected chi connectivity index (χ0v) is 11.6. The second-order valence-corrected chi connectivity index (χ2v) is 4.86. The summed E-state index contributed by atoms with van der Waals surface area (Å²) in [7, 11) is 0. The summed E-state index contributed by atoms with van der Waals surface area (Å²) >= 11 is 0. The van der Waals surface area contributed by atoms with Crippen LogP contribution in [0.5, 0.6) is 5.75 Å². The van der Waals surface area contributed by atoms with E-state index in [9.17, 15) is 25.4 Å². The standard InChI is InChI=1S/C13H14N2O8/c14-4-6-3-7(1-2-8(6)15(20)21)22-13-12(19)11(18)10(17)9(5-16)23-13/h1-3,9-13,16-19H,5H2/t9-,10+,11+,12-,13+/m1/s1. The largest absolute Gasteiger partial charge is 0.462 e. The Balaban J connectivity index is 2.21. The smallest absolute Gasteiger partial charge is 0.287 e. The second kappa shape index (κ2) is 6.86. The summed E-state index contributed by atoms with van der Waals surface area (Å²) in [4.78, 5) is 10.0. The molecule has 0 aliphatic carbocycles. The van der Waals surface area contributed by atoms with Gasteiger partial charge in [-0.25, -0.2) is 0 Å². The van der Waals surface area contributed by atoms with E-state index in [0.29, 0.717) is 0 Å². The van der Waals surface area contributed by atoms with E-state index >= 15 is 0 Å². The molecule has 0 spiro atoms. The molecule has 2 rings (SSSR count). The molecule has 1 aromatic rings. The fourth-order valence-corrected chi connectivity index (χ4v) is 2.14. The first kappa shape index (κ1) is 17.1. The summed E-state index contributed by atoms with van der Waals surface area (Å²) in [6.45, 7) is -0.617. The van der Waals surface area contributed by atoms with Gasteiger partial charge < -0.3 is 29.9 Å². The summed E-state index contributed by atoms with van der Waals surface area (Å²) in [5.74, 6) is -0.0171. The number of nitro groups is 1. The Bertz CT molecular complexity index is 629. The van der Waals surface area contributed by atoms with Crippen LogP contribution in [-0.2, 0) is 4.74 Å². The molecule has 10 heteroatoms. The van der Waals surface area contributed by atoms with E-state index in [1.807, 2.05) is 0 Å². The molecule has 5 atom stereocenters. The molecule has 1 heterocycles. The van der Waals surface area contributed by atoms with Crippen LogP contribution in [0.25, 0.3) is 0 Å². The zero-order valence-electron chi connectivity index (χ0n) is 11.6. The summed E-state index contributed by atoms with van der Waals surface area (Å²) in [6, 6.07) is 4.98. The van der Waals surface area contributed by atoms with Gasteiger partial charge in [0.05, 0.1) is 11.5 Å². The van der Waals surface area contributed by atoms with Gasteiger partial charge in [0, 0.05) is 12.1 Å². The van der Waals surface area contributed by atoms with E-state index in [2.05, 4.69) is 0 Å². The van der Waals surface area contributed by atoms with Gasteiger partial charge in [0.1, 0.15) is 41.8 Å². The highest BCUT2D eigenvalue weighted by Crippen LogP contribution is 2.27. The minimum Gasteiger partial charge on any atom is -0.462 e. The molecule has 124 valence electrons. The molecule has 0 radical (unpaired) electrons. The van der Waals surface area contributed by atoms with E-state index in [0.717, 1.165) is 12.1 Å². The molecule has 0 bridgehead atoms. The zero-order chi connectivity index (χ0) is 17.1. The highest BCUT2D eigenvalue weighted by atomic mass is 16.7. The molecule has 4 N–H and O–H groups in total. The molecule has 23 heavy (non-hydrogen) atoms. The first-order chi connectivity index (χ1) is 10.9.